The number of hydrogen-bond donors (Lipinski definition) is 2. The number of alkyl halides is 1. The Morgan fingerprint density at radius 2 is 1.71 bits per heavy atom. The van der Waals surface area contributed by atoms with Crippen molar-refractivity contribution < 1.29 is 9.59 Å². The molecule has 0 aliphatic heterocycles. The molecule has 0 radical (unpaired) electrons. The highest BCUT2D eigenvalue weighted by molar-refractivity contribution is 6.18. The van der Waals surface area contributed by atoms with E-state index in [-0.39, 0.29) is 17.7 Å². The van der Waals surface area contributed by atoms with Crippen LogP contribution in [0.15, 0.2) is 0 Å². The van der Waals surface area contributed by atoms with Crippen molar-refractivity contribution in [1.82, 2.24) is 10.6 Å². The van der Waals surface area contributed by atoms with E-state index in [0.29, 0.717) is 25.4 Å². The summed E-state index contributed by atoms with van der Waals surface area (Å²) in [4.78, 5) is 22.8. The van der Waals surface area contributed by atoms with Gasteiger partial charge in [0.2, 0.25) is 11.8 Å². The van der Waals surface area contributed by atoms with Gasteiger partial charge >= 0.3 is 0 Å². The third-order valence-corrected chi connectivity index (χ3v) is 3.23. The third-order valence-electron chi connectivity index (χ3n) is 3.04. The highest BCUT2D eigenvalue weighted by Crippen LogP contribution is 2.23. The van der Waals surface area contributed by atoms with E-state index in [1.54, 1.807) is 0 Å². The summed E-state index contributed by atoms with van der Waals surface area (Å²) < 4.78 is 0. The maximum absolute atomic E-state index is 11.7. The molecule has 0 aromatic heterocycles. The lowest BCUT2D eigenvalue weighted by molar-refractivity contribution is -0.126. The topological polar surface area (TPSA) is 58.2 Å². The Hall–Kier alpha value is -0.770. The molecule has 0 spiro atoms. The number of carbonyl (C=O) groups is 2. The molecule has 1 aliphatic carbocycles. The fraction of sp³-hybridized carbons (Fsp3) is 0.833. The molecule has 0 unspecified atom stereocenters. The molecular formula is C12H21ClN2O2. The minimum atomic E-state index is -0.0630. The minimum Gasteiger partial charge on any atom is -0.354 e. The molecule has 0 aromatic rings. The molecule has 2 N–H and O–H groups in total. The van der Waals surface area contributed by atoms with Crippen LogP contribution in [-0.4, -0.2) is 30.8 Å². The Morgan fingerprint density at radius 3 is 2.35 bits per heavy atom. The molecular weight excluding hydrogens is 240 g/mol. The van der Waals surface area contributed by atoms with Gasteiger partial charge in [0.05, 0.1) is 0 Å². The van der Waals surface area contributed by atoms with E-state index in [2.05, 4.69) is 10.6 Å². The maximum atomic E-state index is 11.7. The summed E-state index contributed by atoms with van der Waals surface area (Å²) in [5.41, 5.74) is 0. The van der Waals surface area contributed by atoms with Gasteiger partial charge in [0.15, 0.2) is 0 Å². The van der Waals surface area contributed by atoms with Crippen LogP contribution in [0.1, 0.15) is 38.5 Å². The molecule has 1 rings (SSSR count). The average molecular weight is 261 g/mol. The minimum absolute atomic E-state index is 0.0630. The summed E-state index contributed by atoms with van der Waals surface area (Å²) in [6, 6.07) is 0. The van der Waals surface area contributed by atoms with Crippen LogP contribution in [0.4, 0.5) is 0 Å². The van der Waals surface area contributed by atoms with Crippen molar-refractivity contribution in [2.45, 2.75) is 38.5 Å². The number of rotatable bonds is 6. The number of halogens is 1. The van der Waals surface area contributed by atoms with Gasteiger partial charge in [-0.2, -0.15) is 0 Å². The first-order chi connectivity index (χ1) is 8.24. The van der Waals surface area contributed by atoms with Crippen LogP contribution in [-0.2, 0) is 9.59 Å². The van der Waals surface area contributed by atoms with Crippen LogP contribution in [0.3, 0.4) is 0 Å². The average Bonchev–Trinajstić information content (AvgIpc) is 2.36. The maximum Gasteiger partial charge on any atom is 0.223 e. The van der Waals surface area contributed by atoms with Gasteiger partial charge in [0.1, 0.15) is 0 Å². The van der Waals surface area contributed by atoms with Crippen LogP contribution >= 0.6 is 11.6 Å². The summed E-state index contributed by atoms with van der Waals surface area (Å²) in [6.45, 7) is 0.984. The van der Waals surface area contributed by atoms with Crippen molar-refractivity contribution in [3.63, 3.8) is 0 Å². The predicted octanol–water partition coefficient (Wildman–Crippen LogP) is 1.43. The molecule has 98 valence electrons. The van der Waals surface area contributed by atoms with Crippen LogP contribution in [0.5, 0.6) is 0 Å². The standard InChI is InChI=1S/C12H21ClN2O2/c13-7-6-11(16)14-8-9-15-12(17)10-4-2-1-3-5-10/h10H,1-9H2,(H,14,16)(H,15,17). The molecule has 1 saturated carbocycles. The highest BCUT2D eigenvalue weighted by atomic mass is 35.5. The lowest BCUT2D eigenvalue weighted by Gasteiger charge is -2.20. The first-order valence-corrected chi connectivity index (χ1v) is 6.88. The number of carbonyl (C=O) groups excluding carboxylic acids is 2. The van der Waals surface area contributed by atoms with Gasteiger partial charge in [0, 0.05) is 31.3 Å². The van der Waals surface area contributed by atoms with Crippen LogP contribution in [0, 0.1) is 5.92 Å². The molecule has 5 heteroatoms. The quantitative estimate of drug-likeness (QED) is 0.561. The fourth-order valence-electron chi connectivity index (χ4n) is 2.07. The van der Waals surface area contributed by atoms with E-state index in [4.69, 9.17) is 11.6 Å². The fourth-order valence-corrected chi connectivity index (χ4v) is 2.24. The molecule has 1 aliphatic rings. The lowest BCUT2D eigenvalue weighted by atomic mass is 9.89. The van der Waals surface area contributed by atoms with Gasteiger partial charge in [0.25, 0.3) is 0 Å². The molecule has 1 fully saturated rings. The first-order valence-electron chi connectivity index (χ1n) is 6.34. The molecule has 0 heterocycles. The lowest BCUT2D eigenvalue weighted by Crippen LogP contribution is -2.38. The van der Waals surface area contributed by atoms with Crippen molar-refractivity contribution in [2.24, 2.45) is 5.92 Å². The van der Waals surface area contributed by atoms with Crippen molar-refractivity contribution in [1.29, 1.82) is 0 Å². The van der Waals surface area contributed by atoms with Crippen molar-refractivity contribution in [3.8, 4) is 0 Å². The second kappa shape index (κ2) is 8.34. The van der Waals surface area contributed by atoms with E-state index in [1.165, 1.54) is 6.42 Å². The normalized spacial score (nSPS) is 16.5. The Morgan fingerprint density at radius 1 is 1.06 bits per heavy atom. The zero-order chi connectivity index (χ0) is 12.5. The Kier molecular flexibility index (Phi) is 7.01. The molecule has 4 nitrogen and oxygen atoms in total. The third kappa shape index (κ3) is 5.91. The summed E-state index contributed by atoms with van der Waals surface area (Å²) in [5, 5.41) is 5.57. The van der Waals surface area contributed by atoms with Gasteiger partial charge in [-0.3, -0.25) is 9.59 Å². The van der Waals surface area contributed by atoms with E-state index in [9.17, 15) is 9.59 Å². The second-order valence-corrected chi connectivity index (χ2v) is 4.79. The SMILES string of the molecule is O=C(CCCl)NCCNC(=O)C1CCCCC1. The van der Waals surface area contributed by atoms with E-state index < -0.39 is 0 Å². The van der Waals surface area contributed by atoms with Crippen LogP contribution in [0.2, 0.25) is 0 Å². The van der Waals surface area contributed by atoms with Gasteiger partial charge in [-0.1, -0.05) is 19.3 Å². The molecule has 0 bridgehead atoms. The summed E-state index contributed by atoms with van der Waals surface area (Å²) in [5.74, 6) is 0.589. The molecule has 17 heavy (non-hydrogen) atoms. The van der Waals surface area contributed by atoms with E-state index in [0.717, 1.165) is 25.7 Å². The number of nitrogens with one attached hydrogen (secondary N) is 2. The number of amides is 2. The smallest absolute Gasteiger partial charge is 0.223 e. The second-order valence-electron chi connectivity index (χ2n) is 4.41. The van der Waals surface area contributed by atoms with Gasteiger partial charge in [-0.25, -0.2) is 0 Å². The van der Waals surface area contributed by atoms with Crippen molar-refractivity contribution in [2.75, 3.05) is 19.0 Å². The monoisotopic (exact) mass is 260 g/mol. The Balaban J connectivity index is 2.05. The highest BCUT2D eigenvalue weighted by Gasteiger charge is 2.20. The van der Waals surface area contributed by atoms with Gasteiger partial charge in [-0.15, -0.1) is 11.6 Å². The largest absolute Gasteiger partial charge is 0.354 e. The van der Waals surface area contributed by atoms with E-state index in [1.807, 2.05) is 0 Å². The van der Waals surface area contributed by atoms with Gasteiger partial charge in [-0.05, 0) is 12.8 Å². The summed E-state index contributed by atoms with van der Waals surface area (Å²) in [6.07, 6.45) is 5.90. The number of hydrogen-bond acceptors (Lipinski definition) is 2. The molecule has 0 atom stereocenters. The van der Waals surface area contributed by atoms with Crippen molar-refractivity contribution in [3.05, 3.63) is 0 Å². The molecule has 0 aromatic carbocycles. The van der Waals surface area contributed by atoms with E-state index >= 15 is 0 Å². The zero-order valence-corrected chi connectivity index (χ0v) is 10.9. The molecule has 2 amide bonds. The Bertz CT molecular complexity index is 253. The van der Waals surface area contributed by atoms with Crippen molar-refractivity contribution >= 4 is 23.4 Å². The molecule has 0 saturated heterocycles. The van der Waals surface area contributed by atoms with Crippen LogP contribution in [0.25, 0.3) is 0 Å². The summed E-state index contributed by atoms with van der Waals surface area (Å²) in [7, 11) is 0. The Labute approximate surface area is 107 Å². The predicted molar refractivity (Wildman–Crippen MR) is 67.9 cm³/mol. The van der Waals surface area contributed by atoms with Gasteiger partial charge < -0.3 is 10.6 Å². The van der Waals surface area contributed by atoms with Crippen LogP contribution < -0.4 is 10.6 Å². The summed E-state index contributed by atoms with van der Waals surface area (Å²) >= 11 is 5.43. The zero-order valence-electron chi connectivity index (χ0n) is 10.1. The first kappa shape index (κ1) is 14.3.